The Kier molecular flexibility index (Phi) is 7.03. The van der Waals surface area contributed by atoms with Crippen LogP contribution in [0.3, 0.4) is 0 Å². The molecule has 0 unspecified atom stereocenters. The summed E-state index contributed by atoms with van der Waals surface area (Å²) in [5.41, 5.74) is 2.09. The van der Waals surface area contributed by atoms with E-state index < -0.39 is 0 Å². The van der Waals surface area contributed by atoms with Gasteiger partial charge in [0.1, 0.15) is 6.54 Å². The van der Waals surface area contributed by atoms with Gasteiger partial charge in [0.2, 0.25) is 5.91 Å². The molecular weight excluding hydrogens is 382 g/mol. The number of hydrogen-bond acceptors (Lipinski definition) is 3. The van der Waals surface area contributed by atoms with Gasteiger partial charge in [-0.1, -0.05) is 42.5 Å². The van der Waals surface area contributed by atoms with E-state index in [1.165, 1.54) is 11.3 Å². The number of aromatic nitrogens is 1. The number of rotatable bonds is 9. The fourth-order valence-electron chi connectivity index (χ4n) is 3.09. The van der Waals surface area contributed by atoms with Gasteiger partial charge < -0.3 is 14.4 Å². The Labute approximate surface area is 175 Å². The predicted octanol–water partition coefficient (Wildman–Crippen LogP) is 3.94. The largest absolute Gasteiger partial charge is 0.353 e. The van der Waals surface area contributed by atoms with Gasteiger partial charge in [-0.05, 0) is 29.1 Å². The van der Waals surface area contributed by atoms with Crippen molar-refractivity contribution in [3.8, 4) is 0 Å². The van der Waals surface area contributed by atoms with Crippen molar-refractivity contribution in [2.24, 2.45) is 7.05 Å². The highest BCUT2D eigenvalue weighted by Gasteiger charge is 2.23. The molecule has 2 amide bonds. The Hall–Kier alpha value is -3.12. The molecule has 5 nitrogen and oxygen atoms in total. The second kappa shape index (κ2) is 9.89. The molecule has 0 spiro atoms. The molecule has 2 aromatic heterocycles. The zero-order valence-electron chi connectivity index (χ0n) is 16.5. The minimum absolute atomic E-state index is 0.0139. The van der Waals surface area contributed by atoms with Gasteiger partial charge in [-0.15, -0.1) is 17.9 Å². The van der Waals surface area contributed by atoms with Crippen LogP contribution >= 0.6 is 11.3 Å². The standard InChI is InChI=1S/C23H25N3O2S/c1-3-13-25(23(28)21-12-8-15-29-21)18-22(27)26(16-19-9-5-4-6-10-19)17-20-11-7-14-24(20)2/h3-12,14-15H,1,13,16-18H2,2H3. The number of benzene rings is 1. The second-order valence-electron chi connectivity index (χ2n) is 6.80. The fraction of sp³-hybridized carbons (Fsp3) is 0.217. The van der Waals surface area contributed by atoms with Crippen LogP contribution in [0.2, 0.25) is 0 Å². The van der Waals surface area contributed by atoms with Gasteiger partial charge in [0.15, 0.2) is 0 Å². The van der Waals surface area contributed by atoms with E-state index in [2.05, 4.69) is 6.58 Å². The maximum atomic E-state index is 13.2. The average molecular weight is 408 g/mol. The molecule has 150 valence electrons. The summed E-state index contributed by atoms with van der Waals surface area (Å²) in [6.45, 7) is 5.04. The Morgan fingerprint density at radius 1 is 1.03 bits per heavy atom. The van der Waals surface area contributed by atoms with Crippen molar-refractivity contribution in [3.05, 3.63) is 95.0 Å². The van der Waals surface area contributed by atoms with Crippen LogP contribution < -0.4 is 0 Å². The summed E-state index contributed by atoms with van der Waals surface area (Å²) in [7, 11) is 1.96. The molecule has 0 aliphatic carbocycles. The first-order chi connectivity index (χ1) is 14.1. The summed E-state index contributed by atoms with van der Waals surface area (Å²) in [6, 6.07) is 17.5. The van der Waals surface area contributed by atoms with E-state index in [0.717, 1.165) is 11.3 Å². The van der Waals surface area contributed by atoms with Gasteiger partial charge in [0.05, 0.1) is 11.4 Å². The molecule has 0 N–H and O–H groups in total. The number of nitrogens with zero attached hydrogens (tertiary/aromatic N) is 3. The normalized spacial score (nSPS) is 10.5. The highest BCUT2D eigenvalue weighted by atomic mass is 32.1. The molecule has 0 fully saturated rings. The van der Waals surface area contributed by atoms with Crippen molar-refractivity contribution >= 4 is 23.2 Å². The Morgan fingerprint density at radius 3 is 2.45 bits per heavy atom. The molecule has 0 aliphatic rings. The Morgan fingerprint density at radius 2 is 1.83 bits per heavy atom. The van der Waals surface area contributed by atoms with Gasteiger partial charge in [0, 0.05) is 32.0 Å². The van der Waals surface area contributed by atoms with Crippen LogP contribution in [0.15, 0.2) is 78.8 Å². The van der Waals surface area contributed by atoms with Gasteiger partial charge in [-0.2, -0.15) is 0 Å². The summed E-state index contributed by atoms with van der Waals surface area (Å²) in [6.07, 6.45) is 3.61. The third kappa shape index (κ3) is 5.45. The van der Waals surface area contributed by atoms with E-state index in [1.54, 1.807) is 21.9 Å². The third-order valence-electron chi connectivity index (χ3n) is 4.67. The van der Waals surface area contributed by atoms with Crippen molar-refractivity contribution in [3.63, 3.8) is 0 Å². The zero-order chi connectivity index (χ0) is 20.6. The van der Waals surface area contributed by atoms with Crippen LogP contribution in [0.4, 0.5) is 0 Å². The molecule has 3 rings (SSSR count). The molecule has 0 aliphatic heterocycles. The van der Waals surface area contributed by atoms with Crippen molar-refractivity contribution in [1.29, 1.82) is 0 Å². The van der Waals surface area contributed by atoms with Crippen LogP contribution in [0.5, 0.6) is 0 Å². The topological polar surface area (TPSA) is 45.6 Å². The number of carbonyl (C=O) groups is 2. The van der Waals surface area contributed by atoms with Crippen LogP contribution in [0.1, 0.15) is 20.9 Å². The number of hydrogen-bond donors (Lipinski definition) is 0. The SMILES string of the molecule is C=CCN(CC(=O)N(Cc1ccccc1)Cc1cccn1C)C(=O)c1cccs1. The van der Waals surface area contributed by atoms with E-state index >= 15 is 0 Å². The van der Waals surface area contributed by atoms with Gasteiger partial charge in [-0.3, -0.25) is 9.59 Å². The van der Waals surface area contributed by atoms with Crippen LogP contribution in [0, 0.1) is 0 Å². The van der Waals surface area contributed by atoms with Crippen LogP contribution in [0.25, 0.3) is 0 Å². The first-order valence-electron chi connectivity index (χ1n) is 9.44. The summed E-state index contributed by atoms with van der Waals surface area (Å²) < 4.78 is 2.00. The van der Waals surface area contributed by atoms with E-state index in [1.807, 2.05) is 71.7 Å². The number of thiophene rings is 1. The quantitative estimate of drug-likeness (QED) is 0.504. The summed E-state index contributed by atoms with van der Waals surface area (Å²) >= 11 is 1.38. The Balaban J connectivity index is 1.79. The molecule has 6 heteroatoms. The van der Waals surface area contributed by atoms with E-state index in [-0.39, 0.29) is 18.4 Å². The second-order valence-corrected chi connectivity index (χ2v) is 7.75. The maximum Gasteiger partial charge on any atom is 0.264 e. The van der Waals surface area contributed by atoms with Crippen molar-refractivity contribution < 1.29 is 9.59 Å². The maximum absolute atomic E-state index is 13.2. The smallest absolute Gasteiger partial charge is 0.264 e. The lowest BCUT2D eigenvalue weighted by atomic mass is 10.2. The number of aryl methyl sites for hydroxylation is 1. The number of amides is 2. The van der Waals surface area contributed by atoms with Gasteiger partial charge in [-0.25, -0.2) is 0 Å². The van der Waals surface area contributed by atoms with E-state index in [9.17, 15) is 9.59 Å². The molecule has 3 aromatic rings. The molecule has 0 bridgehead atoms. The minimum Gasteiger partial charge on any atom is -0.353 e. The molecule has 1 aromatic carbocycles. The van der Waals surface area contributed by atoms with Gasteiger partial charge in [0.25, 0.3) is 5.91 Å². The first-order valence-corrected chi connectivity index (χ1v) is 10.3. The van der Waals surface area contributed by atoms with E-state index in [4.69, 9.17) is 0 Å². The summed E-state index contributed by atoms with van der Waals surface area (Å²) in [5.74, 6) is -0.242. The lowest BCUT2D eigenvalue weighted by Gasteiger charge is -2.27. The number of carbonyl (C=O) groups excluding carboxylic acids is 2. The first kappa shape index (κ1) is 20.6. The lowest BCUT2D eigenvalue weighted by molar-refractivity contribution is -0.133. The molecule has 0 atom stereocenters. The molecule has 2 heterocycles. The lowest BCUT2D eigenvalue weighted by Crippen LogP contribution is -2.42. The molecular formula is C23H25N3O2S. The summed E-state index contributed by atoms with van der Waals surface area (Å²) in [4.78, 5) is 30.0. The highest BCUT2D eigenvalue weighted by molar-refractivity contribution is 7.12. The molecule has 29 heavy (non-hydrogen) atoms. The fourth-order valence-corrected chi connectivity index (χ4v) is 3.78. The molecule has 0 saturated heterocycles. The van der Waals surface area contributed by atoms with Crippen LogP contribution in [-0.2, 0) is 24.9 Å². The molecule has 0 saturated carbocycles. The van der Waals surface area contributed by atoms with Crippen LogP contribution in [-0.4, -0.2) is 39.3 Å². The molecule has 0 radical (unpaired) electrons. The van der Waals surface area contributed by atoms with Crippen molar-refractivity contribution in [1.82, 2.24) is 14.4 Å². The van der Waals surface area contributed by atoms with E-state index in [0.29, 0.717) is 24.5 Å². The average Bonchev–Trinajstić information content (AvgIpc) is 3.40. The highest BCUT2D eigenvalue weighted by Crippen LogP contribution is 2.15. The monoisotopic (exact) mass is 407 g/mol. The van der Waals surface area contributed by atoms with Gasteiger partial charge >= 0.3 is 0 Å². The summed E-state index contributed by atoms with van der Waals surface area (Å²) in [5, 5.41) is 1.86. The Bertz CT molecular complexity index is 948. The minimum atomic E-state index is -0.147. The predicted molar refractivity (Wildman–Crippen MR) is 117 cm³/mol. The van der Waals surface area contributed by atoms with Crippen molar-refractivity contribution in [2.75, 3.05) is 13.1 Å². The zero-order valence-corrected chi connectivity index (χ0v) is 17.3. The third-order valence-corrected chi connectivity index (χ3v) is 5.53. The van der Waals surface area contributed by atoms with Crippen molar-refractivity contribution in [2.45, 2.75) is 13.1 Å².